The molecule has 0 aliphatic carbocycles. The molecule has 0 bridgehead atoms. The van der Waals surface area contributed by atoms with Crippen LogP contribution in [0.15, 0.2) is 46.2 Å². The number of sulfone groups is 1. The zero-order valence-electron chi connectivity index (χ0n) is 17.4. The van der Waals surface area contributed by atoms with E-state index < -0.39 is 25.9 Å². The zero-order chi connectivity index (χ0) is 22.9. The first-order valence-electron chi connectivity index (χ1n) is 9.19. The van der Waals surface area contributed by atoms with Crippen LogP contribution in [0.3, 0.4) is 0 Å². The molecule has 0 fully saturated rings. The number of anilines is 1. The highest BCUT2D eigenvalue weighted by atomic mass is 35.5. The minimum Gasteiger partial charge on any atom is -0.307 e. The van der Waals surface area contributed by atoms with Gasteiger partial charge in [0.1, 0.15) is 0 Å². The Morgan fingerprint density at radius 2 is 1.40 bits per heavy atom. The van der Waals surface area contributed by atoms with Crippen LogP contribution in [0.25, 0.3) is 0 Å². The Morgan fingerprint density at radius 1 is 0.900 bits per heavy atom. The number of hydrogen-bond acceptors (Lipinski definition) is 5. The summed E-state index contributed by atoms with van der Waals surface area (Å²) >= 11 is 6.21. The van der Waals surface area contributed by atoms with Crippen molar-refractivity contribution in [2.24, 2.45) is 0 Å². The molecular formula is C20H25ClN2O5S2. The molecule has 0 aliphatic rings. The van der Waals surface area contributed by atoms with Gasteiger partial charge in [-0.1, -0.05) is 45.4 Å². The largest absolute Gasteiger partial charge is 0.333 e. The summed E-state index contributed by atoms with van der Waals surface area (Å²) in [4.78, 5) is 12.1. The van der Waals surface area contributed by atoms with Crippen molar-refractivity contribution in [1.82, 2.24) is 4.72 Å². The Morgan fingerprint density at radius 3 is 1.87 bits per heavy atom. The summed E-state index contributed by atoms with van der Waals surface area (Å²) in [6.45, 7) is 7.75. The van der Waals surface area contributed by atoms with Gasteiger partial charge in [0.2, 0.25) is 0 Å². The van der Waals surface area contributed by atoms with Crippen LogP contribution in [0.1, 0.15) is 50.7 Å². The van der Waals surface area contributed by atoms with Crippen molar-refractivity contribution in [1.29, 1.82) is 0 Å². The molecule has 0 saturated carbocycles. The summed E-state index contributed by atoms with van der Waals surface area (Å²) in [5, 5.41) is 3.16. The fourth-order valence-corrected chi connectivity index (χ4v) is 4.83. The molecule has 2 rings (SSSR count). The monoisotopic (exact) mass is 472 g/mol. The standard InChI is InChI=1S/C20H25ClN2O5S2/c1-12(2)17-9-14(21)10-18(13(3)4)19(17)22-20(24)23-30(27,28)16-8-6-7-15(11-16)29(5,25)26/h6-13H,1-5H3,(H2,22,23,24). The van der Waals surface area contributed by atoms with Crippen LogP contribution >= 0.6 is 11.6 Å². The highest BCUT2D eigenvalue weighted by Gasteiger charge is 2.22. The summed E-state index contributed by atoms with van der Waals surface area (Å²) < 4.78 is 50.6. The van der Waals surface area contributed by atoms with Crippen LogP contribution in [-0.2, 0) is 19.9 Å². The SMILES string of the molecule is CC(C)c1cc(Cl)cc(C(C)C)c1NC(=O)NS(=O)(=O)c1cccc(S(C)(=O)=O)c1. The van der Waals surface area contributed by atoms with Crippen molar-refractivity contribution < 1.29 is 21.6 Å². The second kappa shape index (κ2) is 8.95. The summed E-state index contributed by atoms with van der Waals surface area (Å²) in [7, 11) is -7.89. The summed E-state index contributed by atoms with van der Waals surface area (Å²) in [5.74, 6) is 0.0547. The topological polar surface area (TPSA) is 109 Å². The van der Waals surface area contributed by atoms with Crippen LogP contribution in [0.5, 0.6) is 0 Å². The lowest BCUT2D eigenvalue weighted by atomic mass is 9.92. The first-order chi connectivity index (χ1) is 13.7. The van der Waals surface area contributed by atoms with E-state index in [9.17, 15) is 21.6 Å². The van der Waals surface area contributed by atoms with Crippen LogP contribution in [0.2, 0.25) is 5.02 Å². The lowest BCUT2D eigenvalue weighted by Gasteiger charge is -2.21. The fraction of sp³-hybridized carbons (Fsp3) is 0.350. The molecule has 0 spiro atoms. The van der Waals surface area contributed by atoms with E-state index >= 15 is 0 Å². The molecule has 2 aromatic carbocycles. The summed E-state index contributed by atoms with van der Waals surface area (Å²) in [5.41, 5.74) is 2.05. The zero-order valence-corrected chi connectivity index (χ0v) is 19.7. The first-order valence-corrected chi connectivity index (χ1v) is 12.9. The summed E-state index contributed by atoms with van der Waals surface area (Å²) in [6.07, 6.45) is 0.973. The Hall–Kier alpha value is -2.10. The van der Waals surface area contributed by atoms with Crippen LogP contribution in [0, 0.1) is 0 Å². The van der Waals surface area contributed by atoms with E-state index in [4.69, 9.17) is 11.6 Å². The van der Waals surface area contributed by atoms with Gasteiger partial charge in [-0.15, -0.1) is 0 Å². The number of nitrogens with one attached hydrogen (secondary N) is 2. The van der Waals surface area contributed by atoms with Gasteiger partial charge in [-0.3, -0.25) is 0 Å². The van der Waals surface area contributed by atoms with Gasteiger partial charge >= 0.3 is 6.03 Å². The number of rotatable bonds is 6. The van der Waals surface area contributed by atoms with Gasteiger partial charge in [-0.05, 0) is 53.3 Å². The molecule has 0 aliphatic heterocycles. The maximum Gasteiger partial charge on any atom is 0.333 e. The van der Waals surface area contributed by atoms with E-state index in [0.29, 0.717) is 10.7 Å². The molecule has 30 heavy (non-hydrogen) atoms. The third kappa shape index (κ3) is 5.74. The molecule has 0 aromatic heterocycles. The second-order valence-electron chi connectivity index (χ2n) is 7.58. The minimum atomic E-state index is -4.29. The van der Waals surface area contributed by atoms with Gasteiger partial charge in [0.05, 0.1) is 9.79 Å². The quantitative estimate of drug-likeness (QED) is 0.643. The minimum absolute atomic E-state index is 0.0274. The van der Waals surface area contributed by atoms with E-state index in [-0.39, 0.29) is 21.6 Å². The van der Waals surface area contributed by atoms with Crippen molar-refractivity contribution in [2.45, 2.75) is 49.3 Å². The Labute approximate surface area is 182 Å². The summed E-state index contributed by atoms with van der Waals surface area (Å²) in [6, 6.07) is 7.32. The molecule has 7 nitrogen and oxygen atoms in total. The van der Waals surface area contributed by atoms with Crippen molar-refractivity contribution in [3.8, 4) is 0 Å². The van der Waals surface area contributed by atoms with Crippen molar-refractivity contribution in [2.75, 3.05) is 11.6 Å². The molecule has 0 unspecified atom stereocenters. The average Bonchev–Trinajstić information content (AvgIpc) is 2.61. The van der Waals surface area contributed by atoms with Crippen LogP contribution in [-0.4, -0.2) is 29.1 Å². The number of sulfonamides is 1. The number of amides is 2. The van der Waals surface area contributed by atoms with Gasteiger partial charge in [0, 0.05) is 17.0 Å². The number of benzene rings is 2. The van der Waals surface area contributed by atoms with E-state index in [2.05, 4.69) is 5.32 Å². The Bertz CT molecular complexity index is 1140. The highest BCUT2D eigenvalue weighted by Crippen LogP contribution is 2.35. The fourth-order valence-electron chi connectivity index (χ4n) is 2.90. The second-order valence-corrected chi connectivity index (χ2v) is 11.7. The van der Waals surface area contributed by atoms with Gasteiger partial charge in [-0.25, -0.2) is 26.4 Å². The van der Waals surface area contributed by atoms with Crippen molar-refractivity contribution in [3.63, 3.8) is 0 Å². The molecule has 0 heterocycles. The molecule has 2 amide bonds. The van der Waals surface area contributed by atoms with Gasteiger partial charge < -0.3 is 5.32 Å². The average molecular weight is 473 g/mol. The van der Waals surface area contributed by atoms with Gasteiger partial charge in [0.15, 0.2) is 9.84 Å². The number of carbonyl (C=O) groups excluding carboxylic acids is 1. The van der Waals surface area contributed by atoms with E-state index in [1.165, 1.54) is 18.2 Å². The number of hydrogen-bond donors (Lipinski definition) is 2. The third-order valence-electron chi connectivity index (χ3n) is 4.42. The number of carbonyl (C=O) groups is 1. The van der Waals surface area contributed by atoms with E-state index in [1.807, 2.05) is 32.4 Å². The lowest BCUT2D eigenvalue weighted by Crippen LogP contribution is -2.35. The molecular weight excluding hydrogens is 448 g/mol. The molecule has 0 saturated heterocycles. The smallest absolute Gasteiger partial charge is 0.307 e. The maximum atomic E-state index is 12.6. The molecule has 0 radical (unpaired) electrons. The van der Waals surface area contributed by atoms with E-state index in [1.54, 1.807) is 12.1 Å². The third-order valence-corrected chi connectivity index (χ3v) is 7.07. The van der Waals surface area contributed by atoms with Gasteiger partial charge in [-0.2, -0.15) is 0 Å². The van der Waals surface area contributed by atoms with Crippen molar-refractivity contribution in [3.05, 3.63) is 52.5 Å². The molecule has 2 N–H and O–H groups in total. The van der Waals surface area contributed by atoms with E-state index in [0.717, 1.165) is 23.4 Å². The Balaban J connectivity index is 2.38. The molecule has 10 heteroatoms. The molecule has 2 aromatic rings. The predicted octanol–water partition coefficient (Wildman–Crippen LogP) is 4.50. The first kappa shape index (κ1) is 24.2. The normalized spacial score (nSPS) is 12.3. The maximum absolute atomic E-state index is 12.6. The predicted molar refractivity (Wildman–Crippen MR) is 119 cm³/mol. The molecule has 164 valence electrons. The lowest BCUT2D eigenvalue weighted by molar-refractivity contribution is 0.256. The Kier molecular flexibility index (Phi) is 7.21. The van der Waals surface area contributed by atoms with Crippen molar-refractivity contribution >= 4 is 43.2 Å². The molecule has 0 atom stereocenters. The number of urea groups is 1. The van der Waals surface area contributed by atoms with Crippen LogP contribution < -0.4 is 10.0 Å². The van der Waals surface area contributed by atoms with Crippen LogP contribution in [0.4, 0.5) is 10.5 Å². The van der Waals surface area contributed by atoms with Gasteiger partial charge in [0.25, 0.3) is 10.0 Å². The number of halogens is 1. The highest BCUT2D eigenvalue weighted by molar-refractivity contribution is 7.91.